The lowest BCUT2D eigenvalue weighted by Gasteiger charge is -2.06. The number of aromatic amines is 1. The van der Waals surface area contributed by atoms with Crippen molar-refractivity contribution < 1.29 is 0 Å². The fourth-order valence-corrected chi connectivity index (χ4v) is 2.34. The summed E-state index contributed by atoms with van der Waals surface area (Å²) in [6.07, 6.45) is 5.81. The predicted octanol–water partition coefficient (Wildman–Crippen LogP) is 3.57. The van der Waals surface area contributed by atoms with E-state index in [4.69, 9.17) is 0 Å². The van der Waals surface area contributed by atoms with Crippen LogP contribution in [0, 0.1) is 13.8 Å². The summed E-state index contributed by atoms with van der Waals surface area (Å²) in [4.78, 5) is 23.4. The molecule has 0 aliphatic carbocycles. The van der Waals surface area contributed by atoms with Gasteiger partial charge in [0.25, 0.3) is 5.56 Å². The third-order valence-corrected chi connectivity index (χ3v) is 3.94. The van der Waals surface area contributed by atoms with Crippen LogP contribution in [0.1, 0.15) is 16.8 Å². The minimum absolute atomic E-state index is 0.115. The number of nitrogens with one attached hydrogen (secondary N) is 2. The molecule has 0 saturated carbocycles. The summed E-state index contributed by atoms with van der Waals surface area (Å²) in [5, 5.41) is 3.24. The Balaban J connectivity index is 1.64. The van der Waals surface area contributed by atoms with Gasteiger partial charge in [-0.2, -0.15) is 0 Å². The molecule has 0 radical (unpaired) electrons. The Morgan fingerprint density at radius 1 is 1.12 bits per heavy atom. The van der Waals surface area contributed by atoms with Crippen molar-refractivity contribution in [3.05, 3.63) is 81.9 Å². The van der Waals surface area contributed by atoms with Crippen LogP contribution in [0.2, 0.25) is 0 Å². The molecule has 3 rings (SSSR count). The molecule has 0 fully saturated rings. The Kier molecular flexibility index (Phi) is 5.04. The van der Waals surface area contributed by atoms with Crippen LogP contribution in [-0.2, 0) is 0 Å². The van der Waals surface area contributed by atoms with Gasteiger partial charge in [0.15, 0.2) is 0 Å². The fraction of sp³-hybridized carbons (Fsp3) is 0.150. The number of hydrogen-bond acceptors (Lipinski definition) is 4. The largest absolute Gasteiger partial charge is 0.367 e. The number of hydrogen-bond donors (Lipinski definition) is 2. The lowest BCUT2D eigenvalue weighted by atomic mass is 10.2. The summed E-state index contributed by atoms with van der Waals surface area (Å²) < 4.78 is 0. The van der Waals surface area contributed by atoms with E-state index in [0.29, 0.717) is 17.9 Å². The zero-order valence-corrected chi connectivity index (χ0v) is 14.3. The number of anilines is 1. The molecule has 0 aliphatic heterocycles. The highest BCUT2D eigenvalue weighted by atomic mass is 16.1. The van der Waals surface area contributed by atoms with E-state index in [1.54, 1.807) is 13.1 Å². The molecule has 5 heteroatoms. The highest BCUT2D eigenvalue weighted by Gasteiger charge is 2.06. The lowest BCUT2D eigenvalue weighted by Crippen LogP contribution is -2.14. The molecule has 2 heterocycles. The molecule has 126 valence electrons. The molecular formula is C20H20N4O. The molecule has 2 aromatic heterocycles. The molecule has 3 aromatic rings. The van der Waals surface area contributed by atoms with Crippen molar-refractivity contribution in [3.8, 4) is 11.4 Å². The molecule has 0 unspecified atom stereocenters. The molecule has 0 bridgehead atoms. The first-order valence-electron chi connectivity index (χ1n) is 8.13. The highest BCUT2D eigenvalue weighted by molar-refractivity contribution is 5.56. The van der Waals surface area contributed by atoms with Crippen LogP contribution >= 0.6 is 0 Å². The topological polar surface area (TPSA) is 70.7 Å². The van der Waals surface area contributed by atoms with E-state index in [1.165, 1.54) is 0 Å². The van der Waals surface area contributed by atoms with Gasteiger partial charge in [0.05, 0.1) is 0 Å². The van der Waals surface area contributed by atoms with Crippen LogP contribution in [-0.4, -0.2) is 21.5 Å². The van der Waals surface area contributed by atoms with E-state index in [1.807, 2.05) is 43.3 Å². The average Bonchev–Trinajstić information content (AvgIpc) is 2.64. The quantitative estimate of drug-likeness (QED) is 0.749. The molecule has 0 aliphatic rings. The minimum Gasteiger partial charge on any atom is -0.367 e. The maximum Gasteiger partial charge on any atom is 0.254 e. The number of rotatable bonds is 5. The Bertz CT molecular complexity index is 928. The predicted molar refractivity (Wildman–Crippen MR) is 102 cm³/mol. The van der Waals surface area contributed by atoms with Crippen LogP contribution in [0.5, 0.6) is 0 Å². The van der Waals surface area contributed by atoms with Crippen LogP contribution in [0.4, 0.5) is 5.82 Å². The van der Waals surface area contributed by atoms with Crippen molar-refractivity contribution in [1.82, 2.24) is 15.0 Å². The van der Waals surface area contributed by atoms with Crippen LogP contribution in [0.25, 0.3) is 17.5 Å². The molecular weight excluding hydrogens is 312 g/mol. The molecule has 0 spiro atoms. The molecule has 25 heavy (non-hydrogen) atoms. The first kappa shape index (κ1) is 16.6. The highest BCUT2D eigenvalue weighted by Crippen LogP contribution is 2.15. The van der Waals surface area contributed by atoms with Crippen molar-refractivity contribution in [1.29, 1.82) is 0 Å². The Hall–Kier alpha value is -3.21. The SMILES string of the molecule is Cc1nc(-c2ccc(NC/C=C/c3ccccc3)nc2)[nH]c(=O)c1C. The standard InChI is InChI=1S/C20H20N4O/c1-14-15(2)23-19(24-20(14)25)17-10-11-18(22-13-17)21-12-6-9-16-7-4-3-5-8-16/h3-11,13H,12H2,1-2H3,(H,21,22)(H,23,24,25)/b9-6+. The van der Waals surface area contributed by atoms with Crippen molar-refractivity contribution in [3.63, 3.8) is 0 Å². The van der Waals surface area contributed by atoms with Gasteiger partial charge in [-0.1, -0.05) is 42.5 Å². The van der Waals surface area contributed by atoms with Gasteiger partial charge in [0.1, 0.15) is 11.6 Å². The summed E-state index contributed by atoms with van der Waals surface area (Å²) in [7, 11) is 0. The molecule has 0 saturated heterocycles. The van der Waals surface area contributed by atoms with Gasteiger partial charge in [-0.15, -0.1) is 0 Å². The summed E-state index contributed by atoms with van der Waals surface area (Å²) in [5.74, 6) is 1.31. The van der Waals surface area contributed by atoms with Gasteiger partial charge in [-0.05, 0) is 31.5 Å². The van der Waals surface area contributed by atoms with Gasteiger partial charge in [-0.25, -0.2) is 9.97 Å². The molecule has 0 amide bonds. The number of pyridine rings is 1. The number of benzene rings is 1. The van der Waals surface area contributed by atoms with Crippen molar-refractivity contribution in [2.75, 3.05) is 11.9 Å². The number of H-pyrrole nitrogens is 1. The molecule has 0 atom stereocenters. The van der Waals surface area contributed by atoms with E-state index in [0.717, 1.165) is 22.6 Å². The fourth-order valence-electron chi connectivity index (χ4n) is 2.34. The van der Waals surface area contributed by atoms with Crippen LogP contribution in [0.3, 0.4) is 0 Å². The van der Waals surface area contributed by atoms with E-state index in [2.05, 4.69) is 38.5 Å². The second-order valence-electron chi connectivity index (χ2n) is 5.75. The summed E-state index contributed by atoms with van der Waals surface area (Å²) in [5.41, 5.74) is 3.20. The summed E-state index contributed by atoms with van der Waals surface area (Å²) in [6.45, 7) is 4.27. The van der Waals surface area contributed by atoms with Crippen LogP contribution < -0.4 is 10.9 Å². The zero-order valence-electron chi connectivity index (χ0n) is 14.3. The summed E-state index contributed by atoms with van der Waals surface area (Å²) >= 11 is 0. The lowest BCUT2D eigenvalue weighted by molar-refractivity contribution is 1.03. The maximum atomic E-state index is 11.9. The molecule has 1 aromatic carbocycles. The summed E-state index contributed by atoms with van der Waals surface area (Å²) in [6, 6.07) is 13.9. The minimum atomic E-state index is -0.115. The normalized spacial score (nSPS) is 11.0. The van der Waals surface area contributed by atoms with E-state index < -0.39 is 0 Å². The first-order chi connectivity index (χ1) is 12.1. The van der Waals surface area contributed by atoms with Crippen LogP contribution in [0.15, 0.2) is 59.5 Å². The van der Waals surface area contributed by atoms with Crippen molar-refractivity contribution in [2.45, 2.75) is 13.8 Å². The Morgan fingerprint density at radius 3 is 2.60 bits per heavy atom. The first-order valence-corrected chi connectivity index (χ1v) is 8.13. The van der Waals surface area contributed by atoms with Gasteiger partial charge < -0.3 is 10.3 Å². The van der Waals surface area contributed by atoms with Crippen molar-refractivity contribution in [2.24, 2.45) is 0 Å². The van der Waals surface area contributed by atoms with Gasteiger partial charge >= 0.3 is 0 Å². The third-order valence-electron chi connectivity index (χ3n) is 3.94. The number of nitrogens with zero attached hydrogens (tertiary/aromatic N) is 2. The van der Waals surface area contributed by atoms with Gasteiger partial charge in [0, 0.05) is 29.6 Å². The van der Waals surface area contributed by atoms with Crippen molar-refractivity contribution >= 4 is 11.9 Å². The average molecular weight is 332 g/mol. The second-order valence-corrected chi connectivity index (χ2v) is 5.75. The van der Waals surface area contributed by atoms with Gasteiger partial charge in [0.2, 0.25) is 0 Å². The number of aromatic nitrogens is 3. The second kappa shape index (κ2) is 7.57. The van der Waals surface area contributed by atoms with E-state index >= 15 is 0 Å². The molecule has 5 nitrogen and oxygen atoms in total. The van der Waals surface area contributed by atoms with E-state index in [-0.39, 0.29) is 5.56 Å². The smallest absolute Gasteiger partial charge is 0.254 e. The number of aryl methyl sites for hydroxylation is 1. The van der Waals surface area contributed by atoms with Gasteiger partial charge in [-0.3, -0.25) is 4.79 Å². The monoisotopic (exact) mass is 332 g/mol. The Morgan fingerprint density at radius 2 is 1.92 bits per heavy atom. The Labute approximate surface area is 146 Å². The maximum absolute atomic E-state index is 11.9. The third kappa shape index (κ3) is 4.20. The molecule has 2 N–H and O–H groups in total. The van der Waals surface area contributed by atoms with E-state index in [9.17, 15) is 4.79 Å². The zero-order chi connectivity index (χ0) is 17.6.